The highest BCUT2D eigenvalue weighted by Gasteiger charge is 2.18. The van der Waals surface area contributed by atoms with Gasteiger partial charge in [-0.3, -0.25) is 19.7 Å². The summed E-state index contributed by atoms with van der Waals surface area (Å²) in [4.78, 5) is 34.0. The molecular formula is C18H20N4O5. The minimum atomic E-state index is -0.651. The topological polar surface area (TPSA) is 123 Å². The number of carbonyl (C=O) groups is 2. The molecule has 2 rings (SSSR count). The summed E-state index contributed by atoms with van der Waals surface area (Å²) in [5, 5.41) is 19.2. The zero-order chi connectivity index (χ0) is 20.0. The SMILES string of the molecule is COc1ccc([N+](=O)[O-])cc1NC(=O)[C@H](C)Nc1cccc(NC(C)=O)c1. The summed E-state index contributed by atoms with van der Waals surface area (Å²) in [6.07, 6.45) is 0. The maximum absolute atomic E-state index is 12.5. The minimum Gasteiger partial charge on any atom is -0.495 e. The lowest BCUT2D eigenvalue weighted by atomic mass is 10.2. The highest BCUT2D eigenvalue weighted by molar-refractivity contribution is 5.98. The third-order valence-corrected chi connectivity index (χ3v) is 3.61. The van der Waals surface area contributed by atoms with Crippen LogP contribution in [0.5, 0.6) is 5.75 Å². The van der Waals surface area contributed by atoms with Gasteiger partial charge in [-0.05, 0) is 31.2 Å². The Balaban J connectivity index is 2.11. The maximum Gasteiger partial charge on any atom is 0.271 e. The zero-order valence-electron chi connectivity index (χ0n) is 15.1. The molecule has 0 aliphatic carbocycles. The van der Waals surface area contributed by atoms with Crippen LogP contribution in [0.4, 0.5) is 22.7 Å². The van der Waals surface area contributed by atoms with Crippen LogP contribution < -0.4 is 20.7 Å². The summed E-state index contributed by atoms with van der Waals surface area (Å²) in [6, 6.07) is 10.2. The summed E-state index contributed by atoms with van der Waals surface area (Å²) < 4.78 is 5.13. The molecule has 0 aromatic heterocycles. The van der Waals surface area contributed by atoms with E-state index in [0.29, 0.717) is 17.1 Å². The number of methoxy groups -OCH3 is 1. The summed E-state index contributed by atoms with van der Waals surface area (Å²) in [5.41, 5.74) is 1.28. The number of benzene rings is 2. The molecule has 0 saturated carbocycles. The van der Waals surface area contributed by atoms with Crippen LogP contribution >= 0.6 is 0 Å². The van der Waals surface area contributed by atoms with Gasteiger partial charge in [0.25, 0.3) is 5.69 Å². The Labute approximate surface area is 155 Å². The molecule has 9 heteroatoms. The van der Waals surface area contributed by atoms with Crippen LogP contribution in [0.3, 0.4) is 0 Å². The Kier molecular flexibility index (Phi) is 6.32. The number of hydrogen-bond acceptors (Lipinski definition) is 6. The second-order valence-corrected chi connectivity index (χ2v) is 5.76. The number of non-ortho nitro benzene ring substituents is 1. The highest BCUT2D eigenvalue weighted by Crippen LogP contribution is 2.29. The van der Waals surface area contributed by atoms with E-state index >= 15 is 0 Å². The Morgan fingerprint density at radius 1 is 1.11 bits per heavy atom. The Bertz CT molecular complexity index is 869. The molecule has 27 heavy (non-hydrogen) atoms. The van der Waals surface area contributed by atoms with E-state index < -0.39 is 16.9 Å². The molecule has 0 heterocycles. The van der Waals surface area contributed by atoms with Crippen LogP contribution in [-0.4, -0.2) is 29.9 Å². The second kappa shape index (κ2) is 8.65. The Morgan fingerprint density at radius 3 is 2.44 bits per heavy atom. The average Bonchev–Trinajstić information content (AvgIpc) is 2.61. The molecule has 0 bridgehead atoms. The zero-order valence-corrected chi connectivity index (χ0v) is 15.1. The number of amides is 2. The number of nitro groups is 1. The minimum absolute atomic E-state index is 0.158. The summed E-state index contributed by atoms with van der Waals surface area (Å²) in [5.74, 6) is -0.289. The molecule has 0 unspecified atom stereocenters. The molecule has 2 aromatic carbocycles. The van der Waals surface area contributed by atoms with E-state index in [4.69, 9.17) is 4.74 Å². The first-order chi connectivity index (χ1) is 12.8. The molecule has 0 aliphatic rings. The molecule has 0 spiro atoms. The van der Waals surface area contributed by atoms with E-state index in [-0.39, 0.29) is 17.3 Å². The van der Waals surface area contributed by atoms with E-state index in [0.717, 1.165) is 0 Å². The molecule has 3 N–H and O–H groups in total. The first-order valence-electron chi connectivity index (χ1n) is 8.07. The van der Waals surface area contributed by atoms with Crippen molar-refractivity contribution in [3.63, 3.8) is 0 Å². The van der Waals surface area contributed by atoms with Gasteiger partial charge in [0.2, 0.25) is 11.8 Å². The Morgan fingerprint density at radius 2 is 1.81 bits per heavy atom. The van der Waals surface area contributed by atoms with Crippen LogP contribution in [0.1, 0.15) is 13.8 Å². The molecule has 0 radical (unpaired) electrons. The second-order valence-electron chi connectivity index (χ2n) is 5.76. The Hall–Kier alpha value is -3.62. The van der Waals surface area contributed by atoms with E-state index in [2.05, 4.69) is 16.0 Å². The molecule has 2 aromatic rings. The number of nitrogens with one attached hydrogen (secondary N) is 3. The van der Waals surface area contributed by atoms with E-state index in [1.165, 1.54) is 32.2 Å². The number of ether oxygens (including phenoxy) is 1. The lowest BCUT2D eigenvalue weighted by molar-refractivity contribution is -0.384. The normalized spacial score (nSPS) is 11.2. The smallest absolute Gasteiger partial charge is 0.271 e. The van der Waals surface area contributed by atoms with Crippen molar-refractivity contribution in [2.45, 2.75) is 19.9 Å². The van der Waals surface area contributed by atoms with Crippen molar-refractivity contribution in [3.8, 4) is 5.75 Å². The number of carbonyl (C=O) groups excluding carboxylic acids is 2. The molecule has 142 valence electrons. The molecule has 0 fully saturated rings. The van der Waals surface area contributed by atoms with E-state index in [9.17, 15) is 19.7 Å². The van der Waals surface area contributed by atoms with Gasteiger partial charge < -0.3 is 20.7 Å². The monoisotopic (exact) mass is 372 g/mol. The van der Waals surface area contributed by atoms with Gasteiger partial charge in [0.1, 0.15) is 11.8 Å². The quantitative estimate of drug-likeness (QED) is 0.507. The molecule has 1 atom stereocenters. The van der Waals surface area contributed by atoms with E-state index in [1.807, 2.05) is 0 Å². The van der Waals surface area contributed by atoms with Gasteiger partial charge >= 0.3 is 0 Å². The van der Waals surface area contributed by atoms with Crippen LogP contribution in [0, 0.1) is 10.1 Å². The van der Waals surface area contributed by atoms with Crippen molar-refractivity contribution in [1.82, 2.24) is 0 Å². The fraction of sp³-hybridized carbons (Fsp3) is 0.222. The maximum atomic E-state index is 12.5. The molecule has 0 aliphatic heterocycles. The standard InChI is InChI=1S/C18H20N4O5/c1-11(19-13-5-4-6-14(9-13)20-12(2)23)18(24)21-16-10-15(22(25)26)7-8-17(16)27-3/h4-11,19H,1-3H3,(H,20,23)(H,21,24)/t11-/m0/s1. The first kappa shape index (κ1) is 19.7. The van der Waals surface area contributed by atoms with Gasteiger partial charge in [-0.1, -0.05) is 6.07 Å². The molecule has 0 saturated heterocycles. The lowest BCUT2D eigenvalue weighted by Gasteiger charge is -2.17. The van der Waals surface area contributed by atoms with Crippen molar-refractivity contribution < 1.29 is 19.2 Å². The van der Waals surface area contributed by atoms with Gasteiger partial charge in [0, 0.05) is 30.4 Å². The van der Waals surface area contributed by atoms with Crippen LogP contribution in [0.15, 0.2) is 42.5 Å². The fourth-order valence-corrected chi connectivity index (χ4v) is 2.35. The molecular weight excluding hydrogens is 352 g/mol. The van der Waals surface area contributed by atoms with Crippen molar-refractivity contribution in [3.05, 3.63) is 52.6 Å². The number of nitro benzene ring substituents is 1. The van der Waals surface area contributed by atoms with Gasteiger partial charge in [-0.2, -0.15) is 0 Å². The summed E-state index contributed by atoms with van der Waals surface area (Å²) in [7, 11) is 1.41. The molecule has 9 nitrogen and oxygen atoms in total. The van der Waals surface area contributed by atoms with Gasteiger partial charge in [0.05, 0.1) is 17.7 Å². The predicted molar refractivity (Wildman–Crippen MR) is 102 cm³/mol. The summed E-state index contributed by atoms with van der Waals surface area (Å²) in [6.45, 7) is 3.05. The van der Waals surface area contributed by atoms with Crippen molar-refractivity contribution in [2.75, 3.05) is 23.1 Å². The number of nitrogens with zero attached hydrogens (tertiary/aromatic N) is 1. The van der Waals surface area contributed by atoms with Crippen LogP contribution in [0.2, 0.25) is 0 Å². The van der Waals surface area contributed by atoms with Crippen LogP contribution in [0.25, 0.3) is 0 Å². The number of hydrogen-bond donors (Lipinski definition) is 3. The van der Waals surface area contributed by atoms with Crippen molar-refractivity contribution in [2.24, 2.45) is 0 Å². The van der Waals surface area contributed by atoms with Crippen molar-refractivity contribution in [1.29, 1.82) is 0 Å². The average molecular weight is 372 g/mol. The molecule has 2 amide bonds. The lowest BCUT2D eigenvalue weighted by Crippen LogP contribution is -2.32. The summed E-state index contributed by atoms with van der Waals surface area (Å²) >= 11 is 0. The largest absolute Gasteiger partial charge is 0.495 e. The van der Waals surface area contributed by atoms with Gasteiger partial charge in [0.15, 0.2) is 0 Å². The van der Waals surface area contributed by atoms with Gasteiger partial charge in [-0.25, -0.2) is 0 Å². The number of rotatable bonds is 7. The predicted octanol–water partition coefficient (Wildman–Crippen LogP) is 3.00. The van der Waals surface area contributed by atoms with Crippen molar-refractivity contribution >= 4 is 34.6 Å². The first-order valence-corrected chi connectivity index (χ1v) is 8.07. The third kappa shape index (κ3) is 5.43. The highest BCUT2D eigenvalue weighted by atomic mass is 16.6. The number of anilines is 3. The fourth-order valence-electron chi connectivity index (χ4n) is 2.35. The third-order valence-electron chi connectivity index (χ3n) is 3.61. The van der Waals surface area contributed by atoms with Crippen LogP contribution in [-0.2, 0) is 9.59 Å². The van der Waals surface area contributed by atoms with Gasteiger partial charge in [-0.15, -0.1) is 0 Å². The van der Waals surface area contributed by atoms with E-state index in [1.54, 1.807) is 31.2 Å².